The fourth-order valence-electron chi connectivity index (χ4n) is 0.328. The van der Waals surface area contributed by atoms with E-state index in [9.17, 15) is 9.59 Å². The highest BCUT2D eigenvalue weighted by atomic mass is 16.3. The standard InChI is InChI=1S/C5H8O4/c6-2-1-4(8)5(9)3-7/h2,4,7-8H,1,3H2. The number of aliphatic hydroxyl groups is 2. The van der Waals surface area contributed by atoms with Crippen molar-refractivity contribution in [2.75, 3.05) is 6.61 Å². The first-order valence-electron chi connectivity index (χ1n) is 2.47. The minimum absolute atomic E-state index is 0.237. The van der Waals surface area contributed by atoms with Crippen LogP contribution in [-0.2, 0) is 9.59 Å². The van der Waals surface area contributed by atoms with E-state index in [0.29, 0.717) is 6.29 Å². The van der Waals surface area contributed by atoms with Gasteiger partial charge in [-0.25, -0.2) is 0 Å². The van der Waals surface area contributed by atoms with Crippen LogP contribution < -0.4 is 0 Å². The maximum absolute atomic E-state index is 10.2. The van der Waals surface area contributed by atoms with Crippen molar-refractivity contribution in [2.45, 2.75) is 12.5 Å². The Hall–Kier alpha value is -0.740. The van der Waals surface area contributed by atoms with E-state index in [1.54, 1.807) is 0 Å². The van der Waals surface area contributed by atoms with Crippen molar-refractivity contribution in [3.05, 3.63) is 0 Å². The lowest BCUT2D eigenvalue weighted by atomic mass is 10.2. The van der Waals surface area contributed by atoms with Crippen molar-refractivity contribution in [1.29, 1.82) is 0 Å². The predicted octanol–water partition coefficient (Wildman–Crippen LogP) is -1.50. The highest BCUT2D eigenvalue weighted by Gasteiger charge is 2.11. The molecule has 0 fully saturated rings. The fraction of sp³-hybridized carbons (Fsp3) is 0.600. The summed E-state index contributed by atoms with van der Waals surface area (Å²) in [6.07, 6.45) is -1.13. The molecule has 0 aromatic rings. The summed E-state index contributed by atoms with van der Waals surface area (Å²) in [5.74, 6) is -0.720. The number of aliphatic hydroxyl groups excluding tert-OH is 2. The lowest BCUT2D eigenvalue weighted by molar-refractivity contribution is -0.131. The second kappa shape index (κ2) is 4.17. The molecule has 0 aromatic heterocycles. The molecule has 2 N–H and O–H groups in total. The largest absolute Gasteiger partial charge is 0.388 e. The summed E-state index contributed by atoms with van der Waals surface area (Å²) in [5.41, 5.74) is 0. The van der Waals surface area contributed by atoms with Crippen LogP contribution in [0.4, 0.5) is 0 Å². The van der Waals surface area contributed by atoms with Gasteiger partial charge in [0.1, 0.15) is 19.0 Å². The molecule has 0 radical (unpaired) electrons. The molecule has 0 heterocycles. The Bertz CT molecular complexity index is 110. The molecular formula is C5H8O4. The van der Waals surface area contributed by atoms with Gasteiger partial charge in [-0.3, -0.25) is 4.79 Å². The molecule has 0 rings (SSSR count). The molecule has 4 nitrogen and oxygen atoms in total. The first kappa shape index (κ1) is 8.26. The monoisotopic (exact) mass is 132 g/mol. The van der Waals surface area contributed by atoms with Gasteiger partial charge < -0.3 is 15.0 Å². The van der Waals surface area contributed by atoms with Crippen LogP contribution in [0, 0.1) is 0 Å². The fourth-order valence-corrected chi connectivity index (χ4v) is 0.328. The molecule has 52 valence electrons. The number of carbonyl (C=O) groups excluding carboxylic acids is 2. The van der Waals surface area contributed by atoms with Crippen molar-refractivity contribution in [3.8, 4) is 0 Å². The molecule has 1 atom stereocenters. The number of aldehydes is 1. The maximum atomic E-state index is 10.2. The van der Waals surface area contributed by atoms with E-state index >= 15 is 0 Å². The number of Topliss-reactive ketones (excluding diaryl/α,β-unsaturated/α-hetero) is 1. The third-order valence-corrected chi connectivity index (χ3v) is 0.847. The first-order valence-corrected chi connectivity index (χ1v) is 2.47. The third-order valence-electron chi connectivity index (χ3n) is 0.847. The van der Waals surface area contributed by atoms with Crippen molar-refractivity contribution in [3.63, 3.8) is 0 Å². The molecule has 9 heavy (non-hydrogen) atoms. The zero-order chi connectivity index (χ0) is 7.28. The van der Waals surface area contributed by atoms with E-state index in [-0.39, 0.29) is 6.42 Å². The van der Waals surface area contributed by atoms with E-state index in [1.165, 1.54) is 0 Å². The number of ketones is 1. The first-order chi connectivity index (χ1) is 4.22. The van der Waals surface area contributed by atoms with Gasteiger partial charge in [-0.15, -0.1) is 0 Å². The van der Waals surface area contributed by atoms with Crippen LogP contribution in [0.25, 0.3) is 0 Å². The van der Waals surface area contributed by atoms with Gasteiger partial charge >= 0.3 is 0 Å². The lowest BCUT2D eigenvalue weighted by Gasteiger charge is -2.00. The molecule has 0 spiro atoms. The Morgan fingerprint density at radius 3 is 2.56 bits per heavy atom. The van der Waals surface area contributed by atoms with Crippen LogP contribution in [0.1, 0.15) is 6.42 Å². The van der Waals surface area contributed by atoms with Crippen molar-refractivity contribution in [2.24, 2.45) is 0 Å². The SMILES string of the molecule is O=CCC(O)C(=O)CO. The molecule has 0 bridgehead atoms. The second-order valence-electron chi connectivity index (χ2n) is 1.54. The van der Waals surface area contributed by atoms with Gasteiger partial charge in [0.2, 0.25) is 0 Å². The summed E-state index contributed by atoms with van der Waals surface area (Å²) in [5, 5.41) is 16.7. The lowest BCUT2D eigenvalue weighted by Crippen LogP contribution is -2.23. The number of hydrogen-bond acceptors (Lipinski definition) is 4. The molecule has 0 saturated carbocycles. The van der Waals surface area contributed by atoms with Gasteiger partial charge in [0.05, 0.1) is 0 Å². The van der Waals surface area contributed by atoms with E-state index in [4.69, 9.17) is 10.2 Å². The summed E-state index contributed by atoms with van der Waals surface area (Å²) >= 11 is 0. The minimum atomic E-state index is -1.33. The number of rotatable bonds is 4. The highest BCUT2D eigenvalue weighted by Crippen LogP contribution is 1.87. The van der Waals surface area contributed by atoms with E-state index in [0.717, 1.165) is 0 Å². The summed E-state index contributed by atoms with van der Waals surface area (Å²) in [7, 11) is 0. The van der Waals surface area contributed by atoms with E-state index < -0.39 is 18.5 Å². The van der Waals surface area contributed by atoms with Crippen LogP contribution in [0.3, 0.4) is 0 Å². The van der Waals surface area contributed by atoms with Crippen LogP contribution in [0.2, 0.25) is 0 Å². The summed E-state index contributed by atoms with van der Waals surface area (Å²) in [4.78, 5) is 19.9. The van der Waals surface area contributed by atoms with Gasteiger partial charge in [0.25, 0.3) is 0 Å². The smallest absolute Gasteiger partial charge is 0.186 e. The van der Waals surface area contributed by atoms with Gasteiger partial charge in [-0.2, -0.15) is 0 Å². The molecule has 0 aliphatic heterocycles. The van der Waals surface area contributed by atoms with Gasteiger partial charge in [-0.05, 0) is 0 Å². The zero-order valence-electron chi connectivity index (χ0n) is 4.78. The molecule has 0 aromatic carbocycles. The number of carbonyl (C=O) groups is 2. The summed E-state index contributed by atoms with van der Waals surface area (Å²) < 4.78 is 0. The average Bonchev–Trinajstić information content (AvgIpc) is 1.87. The molecule has 0 aliphatic rings. The highest BCUT2D eigenvalue weighted by molar-refractivity contribution is 5.85. The topological polar surface area (TPSA) is 74.6 Å². The van der Waals surface area contributed by atoms with Crippen LogP contribution in [-0.4, -0.2) is 35.0 Å². The Balaban J connectivity index is 3.58. The van der Waals surface area contributed by atoms with Crippen LogP contribution in [0.5, 0.6) is 0 Å². The van der Waals surface area contributed by atoms with Crippen molar-refractivity contribution < 1.29 is 19.8 Å². The normalized spacial score (nSPS) is 12.7. The maximum Gasteiger partial charge on any atom is 0.186 e. The third kappa shape index (κ3) is 2.94. The number of hydrogen-bond donors (Lipinski definition) is 2. The van der Waals surface area contributed by atoms with Crippen molar-refractivity contribution >= 4 is 12.1 Å². The minimum Gasteiger partial charge on any atom is -0.388 e. The molecular weight excluding hydrogens is 124 g/mol. The van der Waals surface area contributed by atoms with Gasteiger partial charge in [0, 0.05) is 6.42 Å². The van der Waals surface area contributed by atoms with Crippen LogP contribution in [0.15, 0.2) is 0 Å². The molecule has 1 unspecified atom stereocenters. The summed E-state index contributed by atoms with van der Waals surface area (Å²) in [6, 6.07) is 0. The van der Waals surface area contributed by atoms with E-state index in [2.05, 4.69) is 0 Å². The Labute approximate surface area is 52.1 Å². The Morgan fingerprint density at radius 2 is 2.22 bits per heavy atom. The quantitative estimate of drug-likeness (QED) is 0.456. The molecule has 0 aliphatic carbocycles. The Kier molecular flexibility index (Phi) is 3.83. The van der Waals surface area contributed by atoms with Gasteiger partial charge in [0.15, 0.2) is 5.78 Å². The molecule has 0 saturated heterocycles. The second-order valence-corrected chi connectivity index (χ2v) is 1.54. The Morgan fingerprint density at radius 1 is 1.67 bits per heavy atom. The predicted molar refractivity (Wildman–Crippen MR) is 28.8 cm³/mol. The average molecular weight is 132 g/mol. The molecule has 4 heteroatoms. The zero-order valence-corrected chi connectivity index (χ0v) is 4.78. The van der Waals surface area contributed by atoms with Crippen molar-refractivity contribution in [1.82, 2.24) is 0 Å². The van der Waals surface area contributed by atoms with Gasteiger partial charge in [-0.1, -0.05) is 0 Å². The van der Waals surface area contributed by atoms with E-state index in [1.807, 2.05) is 0 Å². The summed E-state index contributed by atoms with van der Waals surface area (Å²) in [6.45, 7) is -0.713. The molecule has 0 amide bonds. The van der Waals surface area contributed by atoms with Crippen LogP contribution >= 0.6 is 0 Å².